The largest absolute Gasteiger partial charge is 0.382 e. The summed E-state index contributed by atoms with van der Waals surface area (Å²) in [5, 5.41) is 14.1. The average molecular weight is 432 g/mol. The number of likely N-dealkylation sites (N-methyl/N-ethyl adjacent to an activating group) is 1. The Balaban J connectivity index is 5.57. The maximum atomic E-state index is 12.1. The Morgan fingerprint density at radius 2 is 1.67 bits per heavy atom. The molecule has 0 aromatic heterocycles. The third-order valence-corrected chi connectivity index (χ3v) is 5.75. The number of ether oxygens (including phenoxy) is 3. The molecular weight excluding hydrogens is 386 g/mol. The second kappa shape index (κ2) is 13.5. The number of aliphatic imine (C=N–C) groups is 1. The lowest BCUT2D eigenvalue weighted by molar-refractivity contribution is -0.226. The zero-order chi connectivity index (χ0) is 23.4. The minimum atomic E-state index is -1.73. The van der Waals surface area contributed by atoms with Crippen molar-refractivity contribution in [3.63, 3.8) is 0 Å². The van der Waals surface area contributed by atoms with Gasteiger partial charge in [0.05, 0.1) is 19.8 Å². The van der Waals surface area contributed by atoms with E-state index in [0.29, 0.717) is 6.54 Å². The molecule has 3 atom stereocenters. The number of carbonyl (C=O) groups excluding carboxylic acids is 1. The van der Waals surface area contributed by atoms with Crippen molar-refractivity contribution < 1.29 is 24.1 Å². The van der Waals surface area contributed by atoms with Crippen molar-refractivity contribution in [2.45, 2.75) is 64.8 Å². The minimum absolute atomic E-state index is 0.0421. The van der Waals surface area contributed by atoms with E-state index < -0.39 is 22.6 Å². The highest BCUT2D eigenvalue weighted by Crippen LogP contribution is 2.33. The van der Waals surface area contributed by atoms with Crippen molar-refractivity contribution in [1.29, 1.82) is 0 Å². The number of hydrogen-bond donors (Lipinski definition) is 2. The van der Waals surface area contributed by atoms with Gasteiger partial charge in [-0.1, -0.05) is 6.92 Å². The van der Waals surface area contributed by atoms with Crippen LogP contribution < -0.4 is 5.32 Å². The predicted molar refractivity (Wildman–Crippen MR) is 122 cm³/mol. The van der Waals surface area contributed by atoms with Crippen molar-refractivity contribution in [3.05, 3.63) is 0 Å². The molecule has 0 saturated heterocycles. The fraction of sp³-hybridized carbons (Fsp3) is 0.909. The standard InChI is InChI=1S/C22H45N3O5/c1-10-13-25(14-11-23-7)15-12-24-18(2)20(4,16-28-8)30-21(5,17-29-9)22(6,27)19(3)26/h23,27H,10-17H2,1-9H3/t20-,21?,22-/m1/s1. The highest BCUT2D eigenvalue weighted by molar-refractivity contribution is 5.91. The number of carbonyl (C=O) groups is 1. The van der Waals surface area contributed by atoms with Gasteiger partial charge in [0.15, 0.2) is 11.4 Å². The third-order valence-electron chi connectivity index (χ3n) is 5.75. The molecule has 0 heterocycles. The highest BCUT2D eigenvalue weighted by atomic mass is 16.6. The summed E-state index contributed by atoms with van der Waals surface area (Å²) in [5.41, 5.74) is -3.19. The van der Waals surface area contributed by atoms with Crippen LogP contribution in [0.1, 0.15) is 48.0 Å². The monoisotopic (exact) mass is 431 g/mol. The Morgan fingerprint density at radius 1 is 1.07 bits per heavy atom. The minimum Gasteiger partial charge on any atom is -0.382 e. The smallest absolute Gasteiger partial charge is 0.164 e. The Morgan fingerprint density at radius 3 is 2.13 bits per heavy atom. The molecule has 1 unspecified atom stereocenters. The summed E-state index contributed by atoms with van der Waals surface area (Å²) in [5.74, 6) is -0.392. The van der Waals surface area contributed by atoms with Crippen LogP contribution in [0.15, 0.2) is 4.99 Å². The number of hydrogen-bond acceptors (Lipinski definition) is 8. The predicted octanol–water partition coefficient (Wildman–Crippen LogP) is 1.55. The molecule has 0 saturated carbocycles. The first-order valence-electron chi connectivity index (χ1n) is 10.7. The fourth-order valence-corrected chi connectivity index (χ4v) is 3.35. The maximum absolute atomic E-state index is 12.1. The van der Waals surface area contributed by atoms with Crippen LogP contribution >= 0.6 is 0 Å². The number of nitrogens with one attached hydrogen (secondary N) is 1. The molecule has 30 heavy (non-hydrogen) atoms. The van der Waals surface area contributed by atoms with Gasteiger partial charge in [0.25, 0.3) is 0 Å². The molecule has 0 amide bonds. The summed E-state index contributed by atoms with van der Waals surface area (Å²) in [6.45, 7) is 15.1. The molecule has 0 aromatic carbocycles. The van der Waals surface area contributed by atoms with Crippen LogP contribution in [-0.2, 0) is 19.0 Å². The normalized spacial score (nSPS) is 18.7. The quantitative estimate of drug-likeness (QED) is 0.338. The van der Waals surface area contributed by atoms with E-state index in [1.807, 2.05) is 20.9 Å². The van der Waals surface area contributed by atoms with Crippen molar-refractivity contribution in [2.24, 2.45) is 4.99 Å². The first-order valence-corrected chi connectivity index (χ1v) is 10.7. The second-order valence-corrected chi connectivity index (χ2v) is 8.47. The molecule has 0 spiro atoms. The van der Waals surface area contributed by atoms with Gasteiger partial charge in [-0.2, -0.15) is 0 Å². The van der Waals surface area contributed by atoms with Crippen LogP contribution in [0.5, 0.6) is 0 Å². The molecule has 0 aliphatic carbocycles. The van der Waals surface area contributed by atoms with Crippen molar-refractivity contribution in [1.82, 2.24) is 10.2 Å². The van der Waals surface area contributed by atoms with Gasteiger partial charge in [0.2, 0.25) is 0 Å². The number of rotatable bonds is 17. The highest BCUT2D eigenvalue weighted by Gasteiger charge is 2.52. The van der Waals surface area contributed by atoms with Gasteiger partial charge in [-0.15, -0.1) is 0 Å². The Labute approximate surface area is 183 Å². The SMILES string of the molecule is CCCN(CCN=C(C)[C@@](C)(COC)OC(C)(COC)[C@](C)(O)C(C)=O)CCNC. The second-order valence-electron chi connectivity index (χ2n) is 8.47. The zero-order valence-corrected chi connectivity index (χ0v) is 20.6. The molecule has 178 valence electrons. The lowest BCUT2D eigenvalue weighted by atomic mass is 9.82. The van der Waals surface area contributed by atoms with Gasteiger partial charge in [-0.25, -0.2) is 0 Å². The van der Waals surface area contributed by atoms with Crippen LogP contribution in [0.2, 0.25) is 0 Å². The summed E-state index contributed by atoms with van der Waals surface area (Å²) >= 11 is 0. The molecule has 8 heteroatoms. The van der Waals surface area contributed by atoms with Crippen LogP contribution in [-0.4, -0.2) is 106 Å². The summed E-state index contributed by atoms with van der Waals surface area (Å²) < 4.78 is 17.1. The molecule has 0 aliphatic heterocycles. The summed E-state index contributed by atoms with van der Waals surface area (Å²) in [6, 6.07) is 0. The first-order chi connectivity index (χ1) is 13.9. The van der Waals surface area contributed by atoms with Gasteiger partial charge in [-0.3, -0.25) is 9.79 Å². The van der Waals surface area contributed by atoms with E-state index in [1.54, 1.807) is 14.0 Å². The van der Waals surface area contributed by atoms with E-state index in [1.165, 1.54) is 21.0 Å². The molecule has 0 rings (SSSR count). The number of ketones is 1. The summed E-state index contributed by atoms with van der Waals surface area (Å²) in [7, 11) is 5.05. The van der Waals surface area contributed by atoms with Crippen molar-refractivity contribution >= 4 is 11.5 Å². The molecule has 8 nitrogen and oxygen atoms in total. The Bertz CT molecular complexity index is 541. The third kappa shape index (κ3) is 8.32. The van der Waals surface area contributed by atoms with E-state index in [4.69, 9.17) is 19.2 Å². The van der Waals surface area contributed by atoms with Gasteiger partial charge in [0.1, 0.15) is 11.2 Å². The van der Waals surface area contributed by atoms with E-state index in [2.05, 4.69) is 17.1 Å². The van der Waals surface area contributed by atoms with Gasteiger partial charge < -0.3 is 29.5 Å². The number of Topliss-reactive ketones (excluding diaryl/α,β-unsaturated/α-hetero) is 1. The lowest BCUT2D eigenvalue weighted by Gasteiger charge is -2.46. The van der Waals surface area contributed by atoms with Gasteiger partial charge >= 0.3 is 0 Å². The molecular formula is C22H45N3O5. The van der Waals surface area contributed by atoms with Crippen LogP contribution in [0.3, 0.4) is 0 Å². The molecule has 0 aliphatic rings. The molecule has 0 bridgehead atoms. The molecule has 2 N–H and O–H groups in total. The van der Waals surface area contributed by atoms with E-state index in [-0.39, 0.29) is 13.2 Å². The van der Waals surface area contributed by atoms with Crippen molar-refractivity contribution in [3.8, 4) is 0 Å². The van der Waals surface area contributed by atoms with E-state index in [9.17, 15) is 9.90 Å². The fourth-order valence-electron chi connectivity index (χ4n) is 3.35. The van der Waals surface area contributed by atoms with Crippen molar-refractivity contribution in [2.75, 3.05) is 67.2 Å². The topological polar surface area (TPSA) is 92.6 Å². The van der Waals surface area contributed by atoms with Gasteiger partial charge in [-0.05, 0) is 54.6 Å². The van der Waals surface area contributed by atoms with E-state index >= 15 is 0 Å². The molecule has 0 fully saturated rings. The van der Waals surface area contributed by atoms with Gasteiger partial charge in [0, 0.05) is 39.6 Å². The molecule has 0 aromatic rings. The van der Waals surface area contributed by atoms with Crippen LogP contribution in [0.25, 0.3) is 0 Å². The zero-order valence-electron chi connectivity index (χ0n) is 20.6. The Kier molecular flexibility index (Phi) is 13.1. The lowest BCUT2D eigenvalue weighted by Crippen LogP contribution is -2.63. The summed E-state index contributed by atoms with van der Waals surface area (Å²) in [4.78, 5) is 19.3. The Hall–Kier alpha value is -0.900. The number of aliphatic hydroxyl groups is 1. The van der Waals surface area contributed by atoms with E-state index in [0.717, 1.165) is 38.3 Å². The summed E-state index contributed by atoms with van der Waals surface area (Å²) in [6.07, 6.45) is 1.09. The first kappa shape index (κ1) is 29.1. The number of methoxy groups -OCH3 is 2. The maximum Gasteiger partial charge on any atom is 0.164 e. The number of nitrogens with zero attached hydrogens (tertiary/aromatic N) is 2. The van der Waals surface area contributed by atoms with Crippen LogP contribution in [0.4, 0.5) is 0 Å². The average Bonchev–Trinajstić information content (AvgIpc) is 2.65. The van der Waals surface area contributed by atoms with Crippen LogP contribution in [0, 0.1) is 0 Å². The molecule has 0 radical (unpaired) electrons.